The van der Waals surface area contributed by atoms with E-state index in [-0.39, 0.29) is 0 Å². The molecule has 0 bridgehead atoms. The molecule has 0 amide bonds. The molecule has 78 valence electrons. The van der Waals surface area contributed by atoms with Gasteiger partial charge in [0.15, 0.2) is 0 Å². The number of hydrogen-bond acceptors (Lipinski definition) is 1. The van der Waals surface area contributed by atoms with Gasteiger partial charge < -0.3 is 4.98 Å². The highest BCUT2D eigenvalue weighted by molar-refractivity contribution is 5.29. The molecule has 0 aliphatic carbocycles. The van der Waals surface area contributed by atoms with Crippen LogP contribution in [0.15, 0.2) is 24.3 Å². The van der Waals surface area contributed by atoms with Crippen LogP contribution in [-0.4, -0.2) is 9.97 Å². The van der Waals surface area contributed by atoms with Gasteiger partial charge in [-0.3, -0.25) is 0 Å². The van der Waals surface area contributed by atoms with Crippen LogP contribution in [-0.2, 0) is 6.42 Å². The molecule has 0 aliphatic rings. The van der Waals surface area contributed by atoms with Gasteiger partial charge in [0, 0.05) is 12.1 Å². The van der Waals surface area contributed by atoms with E-state index in [2.05, 4.69) is 48.1 Å². The summed E-state index contributed by atoms with van der Waals surface area (Å²) in [5.41, 5.74) is 4.92. The Morgan fingerprint density at radius 3 is 2.47 bits per heavy atom. The van der Waals surface area contributed by atoms with Gasteiger partial charge in [-0.1, -0.05) is 24.3 Å². The molecular formula is C13H16N2. The molecule has 2 aromatic rings. The van der Waals surface area contributed by atoms with Crippen LogP contribution in [0.25, 0.3) is 0 Å². The second-order valence-electron chi connectivity index (χ2n) is 4.00. The summed E-state index contributed by atoms with van der Waals surface area (Å²) in [7, 11) is 0. The lowest BCUT2D eigenvalue weighted by Gasteiger charge is -2.02. The SMILES string of the molecule is Cc1ccccc1Cc1nc(C)c(C)[nH]1. The van der Waals surface area contributed by atoms with Crippen molar-refractivity contribution in [2.75, 3.05) is 0 Å². The van der Waals surface area contributed by atoms with Crippen LogP contribution in [0.4, 0.5) is 0 Å². The van der Waals surface area contributed by atoms with Crippen molar-refractivity contribution in [3.05, 3.63) is 52.6 Å². The monoisotopic (exact) mass is 200 g/mol. The van der Waals surface area contributed by atoms with Crippen LogP contribution < -0.4 is 0 Å². The van der Waals surface area contributed by atoms with Crippen molar-refractivity contribution in [2.45, 2.75) is 27.2 Å². The van der Waals surface area contributed by atoms with E-state index in [1.807, 2.05) is 6.92 Å². The fourth-order valence-electron chi connectivity index (χ4n) is 1.69. The van der Waals surface area contributed by atoms with E-state index in [9.17, 15) is 0 Å². The van der Waals surface area contributed by atoms with Crippen LogP contribution in [0.1, 0.15) is 28.3 Å². The molecule has 1 N–H and O–H groups in total. The molecule has 0 spiro atoms. The topological polar surface area (TPSA) is 28.7 Å². The summed E-state index contributed by atoms with van der Waals surface area (Å²) in [5, 5.41) is 0. The molecule has 2 rings (SSSR count). The molecule has 2 nitrogen and oxygen atoms in total. The number of nitrogens with one attached hydrogen (secondary N) is 1. The lowest BCUT2D eigenvalue weighted by molar-refractivity contribution is 1.00. The van der Waals surface area contributed by atoms with E-state index < -0.39 is 0 Å². The van der Waals surface area contributed by atoms with E-state index in [0.29, 0.717) is 0 Å². The third-order valence-electron chi connectivity index (χ3n) is 2.80. The van der Waals surface area contributed by atoms with Gasteiger partial charge >= 0.3 is 0 Å². The number of rotatable bonds is 2. The van der Waals surface area contributed by atoms with Crippen LogP contribution in [0.3, 0.4) is 0 Å². The molecule has 2 heteroatoms. The number of nitrogens with zero attached hydrogens (tertiary/aromatic N) is 1. The van der Waals surface area contributed by atoms with E-state index in [4.69, 9.17) is 0 Å². The maximum atomic E-state index is 4.49. The Morgan fingerprint density at radius 1 is 1.13 bits per heavy atom. The average Bonchev–Trinajstić information content (AvgIpc) is 2.50. The predicted octanol–water partition coefficient (Wildman–Crippen LogP) is 2.93. The van der Waals surface area contributed by atoms with Crippen molar-refractivity contribution in [2.24, 2.45) is 0 Å². The number of benzene rings is 1. The highest BCUT2D eigenvalue weighted by Crippen LogP contribution is 2.12. The van der Waals surface area contributed by atoms with Gasteiger partial charge in [-0.25, -0.2) is 4.98 Å². The Hall–Kier alpha value is -1.57. The summed E-state index contributed by atoms with van der Waals surface area (Å²) in [6.07, 6.45) is 0.890. The molecule has 0 radical (unpaired) electrons. The largest absolute Gasteiger partial charge is 0.346 e. The second-order valence-corrected chi connectivity index (χ2v) is 4.00. The zero-order chi connectivity index (χ0) is 10.8. The summed E-state index contributed by atoms with van der Waals surface area (Å²) in [5.74, 6) is 1.05. The number of H-pyrrole nitrogens is 1. The maximum absolute atomic E-state index is 4.49. The smallest absolute Gasteiger partial charge is 0.110 e. The molecule has 0 aliphatic heterocycles. The Kier molecular flexibility index (Phi) is 2.58. The Morgan fingerprint density at radius 2 is 1.87 bits per heavy atom. The second kappa shape index (κ2) is 3.89. The molecule has 1 heterocycles. The van der Waals surface area contributed by atoms with Crippen molar-refractivity contribution in [3.63, 3.8) is 0 Å². The lowest BCUT2D eigenvalue weighted by Crippen LogP contribution is -1.93. The number of aromatic amines is 1. The van der Waals surface area contributed by atoms with Gasteiger partial charge in [-0.05, 0) is 31.9 Å². The molecule has 1 aromatic heterocycles. The standard InChI is InChI=1S/C13H16N2/c1-9-6-4-5-7-12(9)8-13-14-10(2)11(3)15-13/h4-7H,8H2,1-3H3,(H,14,15). The first-order valence-corrected chi connectivity index (χ1v) is 5.23. The zero-order valence-electron chi connectivity index (χ0n) is 9.46. The molecule has 15 heavy (non-hydrogen) atoms. The first-order valence-electron chi connectivity index (χ1n) is 5.23. The van der Waals surface area contributed by atoms with Crippen LogP contribution in [0.2, 0.25) is 0 Å². The van der Waals surface area contributed by atoms with Crippen LogP contribution in [0.5, 0.6) is 0 Å². The molecule has 0 saturated heterocycles. The van der Waals surface area contributed by atoms with Gasteiger partial charge in [0.2, 0.25) is 0 Å². The van der Waals surface area contributed by atoms with Gasteiger partial charge in [0.1, 0.15) is 5.82 Å². The highest BCUT2D eigenvalue weighted by atomic mass is 14.9. The molecular weight excluding hydrogens is 184 g/mol. The van der Waals surface area contributed by atoms with E-state index in [0.717, 1.165) is 17.9 Å². The lowest BCUT2D eigenvalue weighted by atomic mass is 10.1. The first kappa shape index (κ1) is 9.97. The molecule has 0 saturated carbocycles. The number of aromatic nitrogens is 2. The fraction of sp³-hybridized carbons (Fsp3) is 0.308. The van der Waals surface area contributed by atoms with Crippen molar-refractivity contribution in [1.82, 2.24) is 9.97 Å². The molecule has 0 atom stereocenters. The van der Waals surface area contributed by atoms with Gasteiger partial charge in [-0.2, -0.15) is 0 Å². The summed E-state index contributed by atoms with van der Waals surface area (Å²) >= 11 is 0. The van der Waals surface area contributed by atoms with Crippen molar-refractivity contribution in [1.29, 1.82) is 0 Å². The summed E-state index contributed by atoms with van der Waals surface area (Å²) < 4.78 is 0. The van der Waals surface area contributed by atoms with Crippen molar-refractivity contribution >= 4 is 0 Å². The van der Waals surface area contributed by atoms with E-state index in [1.165, 1.54) is 16.8 Å². The van der Waals surface area contributed by atoms with Crippen molar-refractivity contribution < 1.29 is 0 Å². The maximum Gasteiger partial charge on any atom is 0.110 e. The van der Waals surface area contributed by atoms with Gasteiger partial charge in [0.05, 0.1) is 5.69 Å². The summed E-state index contributed by atoms with van der Waals surface area (Å²) in [6, 6.07) is 8.43. The fourth-order valence-corrected chi connectivity index (χ4v) is 1.69. The molecule has 0 unspecified atom stereocenters. The number of hydrogen-bond donors (Lipinski definition) is 1. The summed E-state index contributed by atoms with van der Waals surface area (Å²) in [4.78, 5) is 7.80. The molecule has 1 aromatic carbocycles. The first-order chi connectivity index (χ1) is 7.16. The Labute approximate surface area is 90.4 Å². The van der Waals surface area contributed by atoms with Gasteiger partial charge in [0.25, 0.3) is 0 Å². The van der Waals surface area contributed by atoms with Crippen LogP contribution in [0, 0.1) is 20.8 Å². The average molecular weight is 200 g/mol. The minimum absolute atomic E-state index is 0.890. The van der Waals surface area contributed by atoms with Gasteiger partial charge in [-0.15, -0.1) is 0 Å². The van der Waals surface area contributed by atoms with E-state index in [1.54, 1.807) is 0 Å². The third kappa shape index (κ3) is 2.09. The quantitative estimate of drug-likeness (QED) is 0.793. The minimum Gasteiger partial charge on any atom is -0.346 e. The Bertz CT molecular complexity index is 450. The third-order valence-corrected chi connectivity index (χ3v) is 2.80. The van der Waals surface area contributed by atoms with Crippen molar-refractivity contribution in [3.8, 4) is 0 Å². The highest BCUT2D eigenvalue weighted by Gasteiger charge is 2.04. The van der Waals surface area contributed by atoms with E-state index >= 15 is 0 Å². The Balaban J connectivity index is 2.26. The zero-order valence-corrected chi connectivity index (χ0v) is 9.46. The van der Waals surface area contributed by atoms with Crippen LogP contribution >= 0.6 is 0 Å². The predicted molar refractivity (Wildman–Crippen MR) is 62.0 cm³/mol. The minimum atomic E-state index is 0.890. The normalized spacial score (nSPS) is 10.6. The number of aryl methyl sites for hydroxylation is 3. The number of imidazole rings is 1. The molecule has 0 fully saturated rings. The summed E-state index contributed by atoms with van der Waals surface area (Å²) in [6.45, 7) is 6.23.